The van der Waals surface area contributed by atoms with Gasteiger partial charge in [-0.1, -0.05) is 6.07 Å². The van der Waals surface area contributed by atoms with E-state index in [1.807, 2.05) is 0 Å². The Balaban J connectivity index is 1.73. The predicted octanol–water partition coefficient (Wildman–Crippen LogP) is 2.75. The van der Waals surface area contributed by atoms with Crippen LogP contribution in [0.1, 0.15) is 16.1 Å². The number of amides is 1. The molecule has 9 heteroatoms. The van der Waals surface area contributed by atoms with Gasteiger partial charge in [-0.05, 0) is 36.8 Å². The lowest BCUT2D eigenvalue weighted by Gasteiger charge is -2.12. The molecule has 130 valence electrons. The van der Waals surface area contributed by atoms with Crippen molar-refractivity contribution < 1.29 is 18.3 Å². The molecule has 3 rings (SSSR count). The number of carbonyl (C=O) groups excluding carboxylic acids is 1. The fourth-order valence-electron chi connectivity index (χ4n) is 2.21. The zero-order valence-electron chi connectivity index (χ0n) is 13.3. The number of nitrogens with one attached hydrogen (secondary N) is 1. The van der Waals surface area contributed by atoms with E-state index in [0.717, 1.165) is 5.56 Å². The van der Waals surface area contributed by atoms with Gasteiger partial charge in [0.25, 0.3) is 5.91 Å². The molecule has 0 spiro atoms. The Labute approximate surface area is 141 Å². The van der Waals surface area contributed by atoms with E-state index in [1.54, 1.807) is 42.3 Å². The Bertz CT molecular complexity index is 861. The molecule has 2 heterocycles. The summed E-state index contributed by atoms with van der Waals surface area (Å²) >= 11 is 0. The van der Waals surface area contributed by atoms with Crippen molar-refractivity contribution in [3.8, 4) is 5.75 Å². The van der Waals surface area contributed by atoms with Gasteiger partial charge in [-0.2, -0.15) is 19.0 Å². The predicted molar refractivity (Wildman–Crippen MR) is 85.6 cm³/mol. The van der Waals surface area contributed by atoms with Crippen LogP contribution in [0.25, 0.3) is 0 Å². The van der Waals surface area contributed by atoms with Gasteiger partial charge in [0.2, 0.25) is 0 Å². The first-order valence-corrected chi connectivity index (χ1v) is 7.39. The zero-order valence-corrected chi connectivity index (χ0v) is 13.3. The molecular weight excluding hydrogens is 332 g/mol. The molecule has 0 fully saturated rings. The minimum atomic E-state index is -2.98. The van der Waals surface area contributed by atoms with Crippen LogP contribution in [0, 0.1) is 6.92 Å². The molecule has 1 aromatic carbocycles. The van der Waals surface area contributed by atoms with Gasteiger partial charge in [0.1, 0.15) is 12.4 Å². The van der Waals surface area contributed by atoms with Crippen molar-refractivity contribution in [2.24, 2.45) is 0 Å². The van der Waals surface area contributed by atoms with Crippen LogP contribution in [0.5, 0.6) is 5.75 Å². The lowest BCUT2D eigenvalue weighted by molar-refractivity contribution is -0.0494. The minimum Gasteiger partial charge on any atom is -0.433 e. The molecule has 0 aliphatic rings. The number of halogens is 2. The summed E-state index contributed by atoms with van der Waals surface area (Å²) < 4.78 is 32.7. The standard InChI is InChI=1S/C16H15F2N5O2/c1-11-3-4-12(14(9-11)25-16(17)18)20-15(24)13-5-8-23(21-13)10-22-7-2-6-19-22/h2-9,16H,10H2,1H3,(H,20,24). The molecule has 0 aliphatic carbocycles. The summed E-state index contributed by atoms with van der Waals surface area (Å²) in [5.74, 6) is -0.624. The monoisotopic (exact) mass is 347 g/mol. The summed E-state index contributed by atoms with van der Waals surface area (Å²) in [6, 6.07) is 7.92. The average molecular weight is 347 g/mol. The maximum absolute atomic E-state index is 12.5. The molecule has 0 aliphatic heterocycles. The van der Waals surface area contributed by atoms with E-state index in [9.17, 15) is 13.6 Å². The molecule has 25 heavy (non-hydrogen) atoms. The van der Waals surface area contributed by atoms with Crippen LogP contribution in [0.3, 0.4) is 0 Å². The molecule has 3 aromatic rings. The third kappa shape index (κ3) is 4.19. The zero-order chi connectivity index (χ0) is 17.8. The first-order valence-electron chi connectivity index (χ1n) is 7.39. The number of aromatic nitrogens is 4. The van der Waals surface area contributed by atoms with Crippen LogP contribution in [-0.2, 0) is 6.67 Å². The Morgan fingerprint density at radius 1 is 1.28 bits per heavy atom. The fourth-order valence-corrected chi connectivity index (χ4v) is 2.21. The van der Waals surface area contributed by atoms with Crippen LogP contribution < -0.4 is 10.1 Å². The van der Waals surface area contributed by atoms with Crippen LogP contribution >= 0.6 is 0 Å². The summed E-state index contributed by atoms with van der Waals surface area (Å²) in [4.78, 5) is 12.3. The SMILES string of the molecule is Cc1ccc(NC(=O)c2ccn(Cn3cccn3)n2)c(OC(F)F)c1. The van der Waals surface area contributed by atoms with Gasteiger partial charge < -0.3 is 10.1 Å². The van der Waals surface area contributed by atoms with Crippen LogP contribution in [0.2, 0.25) is 0 Å². The molecule has 0 saturated heterocycles. The second-order valence-corrected chi connectivity index (χ2v) is 5.26. The van der Waals surface area contributed by atoms with E-state index in [4.69, 9.17) is 0 Å². The highest BCUT2D eigenvalue weighted by Gasteiger charge is 2.15. The molecule has 1 N–H and O–H groups in total. The van der Waals surface area contributed by atoms with Crippen molar-refractivity contribution >= 4 is 11.6 Å². The summed E-state index contributed by atoms with van der Waals surface area (Å²) in [6.07, 6.45) is 5.03. The Kier molecular flexibility index (Phi) is 4.73. The van der Waals surface area contributed by atoms with E-state index in [-0.39, 0.29) is 17.1 Å². The van der Waals surface area contributed by atoms with E-state index in [1.165, 1.54) is 22.9 Å². The quantitative estimate of drug-likeness (QED) is 0.744. The lowest BCUT2D eigenvalue weighted by atomic mass is 10.2. The minimum absolute atomic E-state index is 0.0978. The third-order valence-corrected chi connectivity index (χ3v) is 3.32. The Morgan fingerprint density at radius 2 is 2.12 bits per heavy atom. The maximum atomic E-state index is 12.5. The second kappa shape index (κ2) is 7.12. The van der Waals surface area contributed by atoms with Crippen molar-refractivity contribution in [1.82, 2.24) is 19.6 Å². The Hall–Kier alpha value is -3.23. The topological polar surface area (TPSA) is 74.0 Å². The first-order chi connectivity index (χ1) is 12.0. The van der Waals surface area contributed by atoms with Gasteiger partial charge in [-0.15, -0.1) is 0 Å². The number of rotatable bonds is 6. The molecule has 0 unspecified atom stereocenters. The van der Waals surface area contributed by atoms with Crippen LogP contribution in [-0.4, -0.2) is 32.1 Å². The number of hydrogen-bond donors (Lipinski definition) is 1. The Morgan fingerprint density at radius 3 is 2.84 bits per heavy atom. The molecular formula is C16H15F2N5O2. The van der Waals surface area contributed by atoms with Crippen molar-refractivity contribution in [3.63, 3.8) is 0 Å². The number of carbonyl (C=O) groups is 1. The summed E-state index contributed by atoms with van der Waals surface area (Å²) in [7, 11) is 0. The smallest absolute Gasteiger partial charge is 0.387 e. The largest absolute Gasteiger partial charge is 0.433 e. The number of benzene rings is 1. The number of nitrogens with zero attached hydrogens (tertiary/aromatic N) is 4. The molecule has 0 atom stereocenters. The van der Waals surface area contributed by atoms with E-state index in [2.05, 4.69) is 20.3 Å². The number of anilines is 1. The van der Waals surface area contributed by atoms with Crippen LogP contribution in [0.4, 0.5) is 14.5 Å². The van der Waals surface area contributed by atoms with Crippen LogP contribution in [0.15, 0.2) is 48.9 Å². The average Bonchev–Trinajstić information content (AvgIpc) is 3.22. The summed E-state index contributed by atoms with van der Waals surface area (Å²) in [5, 5.41) is 10.7. The number of ether oxygens (including phenoxy) is 1. The molecule has 7 nitrogen and oxygen atoms in total. The highest BCUT2D eigenvalue weighted by atomic mass is 19.3. The van der Waals surface area contributed by atoms with Gasteiger partial charge in [-0.3, -0.25) is 14.2 Å². The van der Waals surface area contributed by atoms with Gasteiger partial charge in [0.05, 0.1) is 5.69 Å². The molecule has 1 amide bonds. The van der Waals surface area contributed by atoms with Crippen molar-refractivity contribution in [1.29, 1.82) is 0 Å². The van der Waals surface area contributed by atoms with Gasteiger partial charge in [-0.25, -0.2) is 0 Å². The van der Waals surface area contributed by atoms with E-state index < -0.39 is 12.5 Å². The number of aryl methyl sites for hydroxylation is 1. The molecule has 2 aromatic heterocycles. The normalized spacial score (nSPS) is 10.9. The number of hydrogen-bond acceptors (Lipinski definition) is 4. The third-order valence-electron chi connectivity index (χ3n) is 3.32. The number of alkyl halides is 2. The van der Waals surface area contributed by atoms with E-state index in [0.29, 0.717) is 6.67 Å². The summed E-state index contributed by atoms with van der Waals surface area (Å²) in [5.41, 5.74) is 1.03. The highest BCUT2D eigenvalue weighted by molar-refractivity contribution is 6.03. The van der Waals surface area contributed by atoms with Crippen molar-refractivity contribution in [2.75, 3.05) is 5.32 Å². The maximum Gasteiger partial charge on any atom is 0.387 e. The van der Waals surface area contributed by atoms with Gasteiger partial charge >= 0.3 is 6.61 Å². The van der Waals surface area contributed by atoms with E-state index >= 15 is 0 Å². The van der Waals surface area contributed by atoms with Crippen molar-refractivity contribution in [3.05, 3.63) is 60.2 Å². The second-order valence-electron chi connectivity index (χ2n) is 5.26. The molecule has 0 bridgehead atoms. The lowest BCUT2D eigenvalue weighted by Crippen LogP contribution is -2.16. The fraction of sp³-hybridized carbons (Fsp3) is 0.188. The molecule has 0 saturated carbocycles. The first kappa shape index (κ1) is 16.6. The summed E-state index contributed by atoms with van der Waals surface area (Å²) in [6.45, 7) is -0.892. The van der Waals surface area contributed by atoms with Gasteiger partial charge in [0, 0.05) is 18.6 Å². The van der Waals surface area contributed by atoms with Gasteiger partial charge in [0.15, 0.2) is 5.69 Å². The highest BCUT2D eigenvalue weighted by Crippen LogP contribution is 2.27. The van der Waals surface area contributed by atoms with Crippen molar-refractivity contribution in [2.45, 2.75) is 20.2 Å². The molecule has 0 radical (unpaired) electrons.